The maximum atomic E-state index is 12.2. The quantitative estimate of drug-likeness (QED) is 0.0381. The Morgan fingerprint density at radius 1 is 0.613 bits per heavy atom. The lowest BCUT2D eigenvalue weighted by molar-refractivity contribution is -0.120. The highest BCUT2D eigenvalue weighted by Gasteiger charge is 2.13. The molecule has 0 heterocycles. The van der Waals surface area contributed by atoms with Crippen LogP contribution < -0.4 is 11.1 Å². The van der Waals surface area contributed by atoms with Crippen LogP contribution in [0.1, 0.15) is 176 Å². The minimum absolute atomic E-state index is 0. The summed E-state index contributed by atoms with van der Waals surface area (Å²) in [5, 5.41) is 35.2. The minimum Gasteiger partial charge on any atom is -0.396 e. The van der Waals surface area contributed by atoms with Gasteiger partial charge in [0.2, 0.25) is 0 Å². The Hall–Kier alpha value is -2.71. The summed E-state index contributed by atoms with van der Waals surface area (Å²) in [6.45, 7) is 34.1. The predicted molar refractivity (Wildman–Crippen MR) is 335 cm³/mol. The molecule has 0 aliphatic heterocycles. The number of rotatable bonds is 26. The van der Waals surface area contributed by atoms with Crippen molar-refractivity contribution in [2.75, 3.05) is 125 Å². The normalized spacial score (nSPS) is 9.16. The predicted octanol–water partition coefficient (Wildman–Crippen LogP) is 10.9. The first-order valence-corrected chi connectivity index (χ1v) is 25.7. The largest absolute Gasteiger partial charge is 0.396 e. The molecule has 15 nitrogen and oxygen atoms in total. The molecule has 0 fully saturated rings. The van der Waals surface area contributed by atoms with E-state index in [1.807, 2.05) is 70.7 Å². The van der Waals surface area contributed by atoms with Crippen LogP contribution in [0.5, 0.6) is 0 Å². The second-order valence-corrected chi connectivity index (χ2v) is 16.3. The molecular formula is C59H134N4O11S. The first-order valence-electron chi connectivity index (χ1n) is 24.6. The van der Waals surface area contributed by atoms with Gasteiger partial charge >= 0.3 is 0 Å². The van der Waals surface area contributed by atoms with Crippen molar-refractivity contribution in [1.82, 2.24) is 15.1 Å². The van der Waals surface area contributed by atoms with E-state index < -0.39 is 10.1 Å². The molecule has 0 saturated heterocycles. The number of aliphatic hydroxyl groups excluding tert-OH is 4. The number of aryl methyl sites for hydroxylation is 4. The summed E-state index contributed by atoms with van der Waals surface area (Å²) in [6, 6.07) is 12.3. The number of carbonyl (C=O) groups excluding carboxylic acids is 2. The summed E-state index contributed by atoms with van der Waals surface area (Å²) in [5.74, 6) is 0.484. The molecular weight excluding hydrogens is 973 g/mol. The van der Waals surface area contributed by atoms with Gasteiger partial charge in [-0.25, -0.2) is 0 Å². The lowest BCUT2D eigenvalue weighted by Gasteiger charge is -2.19. The van der Waals surface area contributed by atoms with Crippen molar-refractivity contribution in [3.05, 3.63) is 69.8 Å². The first kappa shape index (κ1) is 105. The maximum absolute atomic E-state index is 12.2. The summed E-state index contributed by atoms with van der Waals surface area (Å²) < 4.78 is 41.2. The Bertz CT molecular complexity index is 1440. The van der Waals surface area contributed by atoms with E-state index in [4.69, 9.17) is 37.0 Å². The number of aliphatic hydroxyl groups is 4. The number of nitrogens with two attached hydrogens (primary N) is 1. The zero-order chi connectivity index (χ0) is 53.6. The fraction of sp³-hybridized carbons (Fsp3) is 0.763. The molecule has 0 spiro atoms. The highest BCUT2D eigenvalue weighted by Crippen LogP contribution is 2.15. The third-order valence-corrected chi connectivity index (χ3v) is 9.20. The molecule has 0 unspecified atom stereocenters. The van der Waals surface area contributed by atoms with Crippen molar-refractivity contribution in [2.24, 2.45) is 5.73 Å². The van der Waals surface area contributed by atoms with Crippen LogP contribution in [0.2, 0.25) is 0 Å². The average Bonchev–Trinajstić information content (AvgIpc) is 3.30. The van der Waals surface area contributed by atoms with E-state index in [1.54, 1.807) is 14.0 Å². The van der Waals surface area contributed by atoms with Crippen LogP contribution >= 0.6 is 0 Å². The third kappa shape index (κ3) is 80.3. The summed E-state index contributed by atoms with van der Waals surface area (Å²) in [7, 11) is -1.50. The average molecular weight is 1110 g/mol. The number of hydrogen-bond donors (Lipinski definition) is 6. The molecule has 0 aliphatic carbocycles. The van der Waals surface area contributed by atoms with Gasteiger partial charge in [0.1, 0.15) is 0 Å². The number of Topliss-reactive ketones (excluding diaryl/α,β-unsaturated/α-hetero) is 2. The number of benzene rings is 2. The summed E-state index contributed by atoms with van der Waals surface area (Å²) >= 11 is 0. The van der Waals surface area contributed by atoms with Gasteiger partial charge in [-0.3, -0.25) is 23.6 Å². The highest BCUT2D eigenvalue weighted by atomic mass is 32.2. The Morgan fingerprint density at radius 3 is 1.20 bits per heavy atom. The second-order valence-electron chi connectivity index (χ2n) is 14.7. The zero-order valence-corrected chi connectivity index (χ0v) is 45.6. The number of nitrogens with one attached hydrogen (secondary N) is 1. The van der Waals surface area contributed by atoms with E-state index in [9.17, 15) is 18.0 Å². The van der Waals surface area contributed by atoms with E-state index in [-0.39, 0.29) is 90.8 Å². The third-order valence-electron chi connectivity index (χ3n) is 8.61. The van der Waals surface area contributed by atoms with Gasteiger partial charge in [0.15, 0.2) is 11.6 Å². The molecule has 0 bridgehead atoms. The first-order chi connectivity index (χ1) is 32.3. The lowest BCUT2D eigenvalue weighted by atomic mass is 9.98. The van der Waals surface area contributed by atoms with Crippen LogP contribution in [0, 0.1) is 27.7 Å². The number of ketones is 2. The molecule has 0 atom stereocenters. The van der Waals surface area contributed by atoms with Gasteiger partial charge in [-0.2, -0.15) is 8.42 Å². The summed E-state index contributed by atoms with van der Waals surface area (Å²) in [6.07, 6.45) is 4.78. The number of carbonyl (C=O) groups is 2. The SMILES string of the molecule is C.C.C.C.C.C.C.C.CCCO.CCCOCCNCC.CCCOS(C)(=O)=O.CCN.CCN(CCO)CC(=O)Cc1c(C)cccc1C.CCN(CCOC)CC(=O)Cc1c(C)cccc1C.OCCO.[2H]CC. The Morgan fingerprint density at radius 2 is 0.960 bits per heavy atom. The minimum atomic E-state index is -3.19. The maximum Gasteiger partial charge on any atom is 0.264 e. The van der Waals surface area contributed by atoms with Crippen molar-refractivity contribution < 1.29 is 53.5 Å². The number of hydrogen-bond acceptors (Lipinski definition) is 15. The van der Waals surface area contributed by atoms with Gasteiger partial charge in [-0.15, -0.1) is 0 Å². The molecule has 16 heteroatoms. The topological polar surface area (TPSA) is 221 Å². The lowest BCUT2D eigenvalue weighted by Crippen LogP contribution is -2.33. The van der Waals surface area contributed by atoms with Crippen molar-refractivity contribution in [3.8, 4) is 0 Å². The van der Waals surface area contributed by atoms with E-state index in [1.165, 1.54) is 27.8 Å². The van der Waals surface area contributed by atoms with E-state index in [0.29, 0.717) is 59.2 Å². The highest BCUT2D eigenvalue weighted by molar-refractivity contribution is 7.85. The van der Waals surface area contributed by atoms with E-state index in [2.05, 4.69) is 61.2 Å². The van der Waals surface area contributed by atoms with Crippen LogP contribution in [0.4, 0.5) is 0 Å². The van der Waals surface area contributed by atoms with Gasteiger partial charge in [-0.1, -0.05) is 158 Å². The van der Waals surface area contributed by atoms with Crippen LogP contribution in [0.15, 0.2) is 36.4 Å². The summed E-state index contributed by atoms with van der Waals surface area (Å²) in [5.41, 5.74) is 11.9. The van der Waals surface area contributed by atoms with Gasteiger partial charge in [-0.05, 0) is 107 Å². The molecule has 0 amide bonds. The molecule has 0 aliphatic rings. The van der Waals surface area contributed by atoms with Crippen LogP contribution in [0.25, 0.3) is 0 Å². The zero-order valence-electron chi connectivity index (χ0n) is 45.8. The number of nitrogens with zero attached hydrogens (tertiary/aromatic N) is 2. The van der Waals surface area contributed by atoms with Crippen LogP contribution in [-0.4, -0.2) is 175 Å². The molecule has 2 aromatic carbocycles. The molecule has 462 valence electrons. The standard InChI is InChI=1S/C16H25NO2.C15H23NO2.C7H17NO.C4H10O3S.C3H8O.C2H7N.C2H6O2.C2H6.8CH4/c1-5-17(9-10-19-4)12-15(18)11-16-13(2)7-6-8-14(16)3;1-4-16(8-9-17)11-14(18)10-15-12(2)6-5-7-13(15)3;1-3-6-9-7-5-8-4-2;1-3-4-7-8(2,5)6;1-2-3-4;1-2-3;3-1-2-4;1-2;;;;;;;;/h6-8H,5,9-12H2,1-4H3;5-7,17H,4,8-11H2,1-3H3;8H,3-7H2,1-2H3;3-4H2,1-2H3;4H,2-3H2,1H3;2-3H2,1H3;3-4H,1-2H2;1-2H3;8*1H4/i;;;;;;;1D;;;;;;;;. The fourth-order valence-corrected chi connectivity index (χ4v) is 5.59. The molecule has 0 aromatic heterocycles. The molecule has 0 saturated carbocycles. The number of methoxy groups -OCH3 is 1. The van der Waals surface area contributed by atoms with Gasteiger partial charge in [0, 0.05) is 54.2 Å². The van der Waals surface area contributed by atoms with Gasteiger partial charge in [0.05, 0.1) is 59.0 Å². The monoisotopic (exact) mass is 1110 g/mol. The fourth-order valence-electron chi connectivity index (χ4n) is 5.12. The van der Waals surface area contributed by atoms with E-state index >= 15 is 0 Å². The van der Waals surface area contributed by atoms with Crippen molar-refractivity contribution >= 4 is 21.7 Å². The van der Waals surface area contributed by atoms with E-state index in [0.717, 1.165) is 83.6 Å². The Labute approximate surface area is 470 Å². The summed E-state index contributed by atoms with van der Waals surface area (Å²) in [4.78, 5) is 28.3. The molecule has 75 heavy (non-hydrogen) atoms. The molecule has 2 rings (SSSR count). The number of ether oxygens (including phenoxy) is 2. The van der Waals surface area contributed by atoms with Crippen molar-refractivity contribution in [2.45, 2.75) is 182 Å². The molecule has 7 N–H and O–H groups in total. The van der Waals surface area contributed by atoms with Crippen molar-refractivity contribution in [1.29, 1.82) is 0 Å². The van der Waals surface area contributed by atoms with Gasteiger partial charge < -0.3 is 41.0 Å². The van der Waals surface area contributed by atoms with Crippen LogP contribution in [0.3, 0.4) is 0 Å². The smallest absolute Gasteiger partial charge is 0.264 e. The molecule has 2 aromatic rings. The Kier molecular flexibility index (Phi) is 115. The Balaban J connectivity index is -0.0000000519. The van der Waals surface area contributed by atoms with Gasteiger partial charge in [0.25, 0.3) is 10.1 Å². The molecule has 0 radical (unpaired) electrons. The van der Waals surface area contributed by atoms with Crippen LogP contribution in [-0.2, 0) is 46.2 Å². The number of likely N-dealkylation sites (N-methyl/N-ethyl adjacent to an activating group) is 3. The second kappa shape index (κ2) is 82.6. The van der Waals surface area contributed by atoms with Crippen molar-refractivity contribution in [3.63, 3.8) is 0 Å².